The lowest BCUT2D eigenvalue weighted by Gasteiger charge is -1.99. The Labute approximate surface area is 90.8 Å². The third-order valence-corrected chi connectivity index (χ3v) is 2.10. The minimum Gasteiger partial charge on any atom is -0.326 e. The van der Waals surface area contributed by atoms with Crippen LogP contribution < -0.4 is 5.73 Å². The third kappa shape index (κ3) is 3.14. The summed E-state index contributed by atoms with van der Waals surface area (Å²) < 4.78 is 0. The average Bonchev–Trinajstić information content (AvgIpc) is 2.87. The predicted molar refractivity (Wildman–Crippen MR) is 58.6 cm³/mol. The standard InChI is InChI=1S/C9H12N2.2ClH/c10-4-7-3-9(6-11-5-7)8-1-2-8;;/h3,5-6,8H,1-2,4,10H2;2*1H. The highest BCUT2D eigenvalue weighted by Crippen LogP contribution is 2.39. The molecule has 0 radical (unpaired) electrons. The fourth-order valence-electron chi connectivity index (χ4n) is 1.26. The van der Waals surface area contributed by atoms with E-state index >= 15 is 0 Å². The predicted octanol–water partition coefficient (Wildman–Crippen LogP) is 2.26. The van der Waals surface area contributed by atoms with E-state index in [1.165, 1.54) is 18.4 Å². The molecule has 4 heteroatoms. The van der Waals surface area contributed by atoms with Crippen LogP contribution in [0.3, 0.4) is 0 Å². The van der Waals surface area contributed by atoms with Crippen molar-refractivity contribution in [1.82, 2.24) is 4.98 Å². The molecule has 0 bridgehead atoms. The largest absolute Gasteiger partial charge is 0.326 e. The zero-order chi connectivity index (χ0) is 7.68. The van der Waals surface area contributed by atoms with Gasteiger partial charge in [0.1, 0.15) is 0 Å². The van der Waals surface area contributed by atoms with Crippen molar-refractivity contribution in [3.63, 3.8) is 0 Å². The number of rotatable bonds is 2. The monoisotopic (exact) mass is 220 g/mol. The number of halogens is 2. The van der Waals surface area contributed by atoms with Crippen molar-refractivity contribution in [3.05, 3.63) is 29.6 Å². The minimum atomic E-state index is 0. The first-order valence-corrected chi connectivity index (χ1v) is 4.04. The summed E-state index contributed by atoms with van der Waals surface area (Å²) in [6, 6.07) is 2.17. The van der Waals surface area contributed by atoms with Crippen LogP contribution in [0.2, 0.25) is 0 Å². The maximum Gasteiger partial charge on any atom is 0.0312 e. The summed E-state index contributed by atoms with van der Waals surface area (Å²) in [6.45, 7) is 0.605. The number of aromatic nitrogens is 1. The molecule has 1 saturated carbocycles. The van der Waals surface area contributed by atoms with Crippen LogP contribution in [0, 0.1) is 0 Å². The van der Waals surface area contributed by atoms with E-state index in [0.717, 1.165) is 11.5 Å². The Hall–Kier alpha value is -0.310. The van der Waals surface area contributed by atoms with Crippen molar-refractivity contribution in [1.29, 1.82) is 0 Å². The lowest BCUT2D eigenvalue weighted by molar-refractivity contribution is 1.01. The number of nitrogens with zero attached hydrogens (tertiary/aromatic N) is 1. The fourth-order valence-corrected chi connectivity index (χ4v) is 1.26. The molecule has 1 aromatic rings. The van der Waals surface area contributed by atoms with Gasteiger partial charge in [-0.3, -0.25) is 4.98 Å². The number of pyridine rings is 1. The second-order valence-corrected chi connectivity index (χ2v) is 3.10. The summed E-state index contributed by atoms with van der Waals surface area (Å²) in [7, 11) is 0. The molecule has 0 spiro atoms. The first kappa shape index (κ1) is 12.7. The molecule has 0 aliphatic heterocycles. The maximum atomic E-state index is 5.50. The molecule has 0 saturated heterocycles. The topological polar surface area (TPSA) is 38.9 Å². The maximum absolute atomic E-state index is 5.50. The first-order valence-electron chi connectivity index (χ1n) is 4.04. The molecular formula is C9H14Cl2N2. The summed E-state index contributed by atoms with van der Waals surface area (Å²) in [5.41, 5.74) is 8.02. The van der Waals surface area contributed by atoms with Gasteiger partial charge in [0.2, 0.25) is 0 Å². The van der Waals surface area contributed by atoms with Crippen molar-refractivity contribution >= 4 is 24.8 Å². The van der Waals surface area contributed by atoms with E-state index in [0.29, 0.717) is 6.54 Å². The van der Waals surface area contributed by atoms with Crippen LogP contribution in [0.25, 0.3) is 0 Å². The van der Waals surface area contributed by atoms with Crippen LogP contribution in [0.5, 0.6) is 0 Å². The van der Waals surface area contributed by atoms with Gasteiger partial charge in [-0.05, 0) is 29.9 Å². The van der Waals surface area contributed by atoms with E-state index in [4.69, 9.17) is 5.73 Å². The first-order chi connectivity index (χ1) is 5.40. The molecule has 0 amide bonds. The van der Waals surface area contributed by atoms with Crippen LogP contribution >= 0.6 is 24.8 Å². The van der Waals surface area contributed by atoms with Crippen molar-refractivity contribution in [2.75, 3.05) is 0 Å². The van der Waals surface area contributed by atoms with Gasteiger partial charge < -0.3 is 5.73 Å². The smallest absolute Gasteiger partial charge is 0.0312 e. The SMILES string of the molecule is Cl.Cl.NCc1cncc(C2CC2)c1. The van der Waals surface area contributed by atoms with Gasteiger partial charge in [-0.25, -0.2) is 0 Å². The Morgan fingerprint density at radius 2 is 2.00 bits per heavy atom. The van der Waals surface area contributed by atoms with Crippen LogP contribution in [0.1, 0.15) is 29.9 Å². The van der Waals surface area contributed by atoms with Crippen LogP contribution in [-0.4, -0.2) is 4.98 Å². The van der Waals surface area contributed by atoms with E-state index in [-0.39, 0.29) is 24.8 Å². The van der Waals surface area contributed by atoms with Gasteiger partial charge in [-0.1, -0.05) is 6.07 Å². The summed E-state index contributed by atoms with van der Waals surface area (Å²) in [5.74, 6) is 0.786. The van der Waals surface area contributed by atoms with E-state index in [1.807, 2.05) is 12.4 Å². The van der Waals surface area contributed by atoms with Gasteiger partial charge in [0, 0.05) is 18.9 Å². The van der Waals surface area contributed by atoms with E-state index in [2.05, 4.69) is 11.1 Å². The third-order valence-electron chi connectivity index (χ3n) is 2.10. The Bertz CT molecular complexity index is 262. The summed E-state index contributed by atoms with van der Waals surface area (Å²) >= 11 is 0. The molecule has 0 unspecified atom stereocenters. The highest BCUT2D eigenvalue weighted by Gasteiger charge is 2.23. The normalized spacial score (nSPS) is 14.2. The lowest BCUT2D eigenvalue weighted by Crippen LogP contribution is -1.97. The molecule has 1 aliphatic carbocycles. The molecule has 2 N–H and O–H groups in total. The molecule has 13 heavy (non-hydrogen) atoms. The zero-order valence-electron chi connectivity index (χ0n) is 7.27. The lowest BCUT2D eigenvalue weighted by atomic mass is 10.1. The van der Waals surface area contributed by atoms with Gasteiger partial charge in [-0.15, -0.1) is 24.8 Å². The Kier molecular flexibility index (Phi) is 5.30. The van der Waals surface area contributed by atoms with E-state index < -0.39 is 0 Å². The Morgan fingerprint density at radius 1 is 1.31 bits per heavy atom. The molecule has 1 fully saturated rings. The van der Waals surface area contributed by atoms with Crippen LogP contribution in [0.4, 0.5) is 0 Å². The van der Waals surface area contributed by atoms with Crippen molar-refractivity contribution in [2.24, 2.45) is 5.73 Å². The van der Waals surface area contributed by atoms with E-state index in [9.17, 15) is 0 Å². The number of hydrogen-bond acceptors (Lipinski definition) is 2. The van der Waals surface area contributed by atoms with Crippen molar-refractivity contribution in [3.8, 4) is 0 Å². The number of hydrogen-bond donors (Lipinski definition) is 1. The minimum absolute atomic E-state index is 0. The van der Waals surface area contributed by atoms with Crippen molar-refractivity contribution < 1.29 is 0 Å². The highest BCUT2D eigenvalue weighted by molar-refractivity contribution is 5.85. The second kappa shape index (κ2) is 5.43. The molecule has 1 aromatic heterocycles. The summed E-state index contributed by atoms with van der Waals surface area (Å²) in [4.78, 5) is 4.14. The average molecular weight is 221 g/mol. The summed E-state index contributed by atoms with van der Waals surface area (Å²) in [6.07, 6.45) is 6.45. The van der Waals surface area contributed by atoms with Gasteiger partial charge in [0.25, 0.3) is 0 Å². The number of nitrogens with two attached hydrogens (primary N) is 1. The molecule has 1 aliphatic rings. The molecule has 0 atom stereocenters. The summed E-state index contributed by atoms with van der Waals surface area (Å²) in [5, 5.41) is 0. The molecule has 1 heterocycles. The molecular weight excluding hydrogens is 207 g/mol. The van der Waals surface area contributed by atoms with Gasteiger partial charge in [-0.2, -0.15) is 0 Å². The quantitative estimate of drug-likeness (QED) is 0.831. The van der Waals surface area contributed by atoms with Crippen molar-refractivity contribution in [2.45, 2.75) is 25.3 Å². The van der Waals surface area contributed by atoms with Crippen LogP contribution in [-0.2, 0) is 6.54 Å². The zero-order valence-corrected chi connectivity index (χ0v) is 8.90. The van der Waals surface area contributed by atoms with Gasteiger partial charge >= 0.3 is 0 Å². The second-order valence-electron chi connectivity index (χ2n) is 3.10. The molecule has 2 rings (SSSR count). The Balaban J connectivity index is 0.000000720. The van der Waals surface area contributed by atoms with Crippen LogP contribution in [0.15, 0.2) is 18.5 Å². The van der Waals surface area contributed by atoms with Gasteiger partial charge in [0.05, 0.1) is 0 Å². The Morgan fingerprint density at radius 3 is 2.54 bits per heavy atom. The molecule has 2 nitrogen and oxygen atoms in total. The molecule has 74 valence electrons. The molecule has 0 aromatic carbocycles. The van der Waals surface area contributed by atoms with Gasteiger partial charge in [0.15, 0.2) is 0 Å². The highest BCUT2D eigenvalue weighted by atomic mass is 35.5. The fraction of sp³-hybridized carbons (Fsp3) is 0.444. The van der Waals surface area contributed by atoms with E-state index in [1.54, 1.807) is 0 Å².